The van der Waals surface area contributed by atoms with Crippen LogP contribution in [0.5, 0.6) is 0 Å². The maximum Gasteiger partial charge on any atom is 0.0948 e. The Balaban J connectivity index is 1.87. The van der Waals surface area contributed by atoms with Gasteiger partial charge in [-0.25, -0.2) is 9.97 Å². The fraction of sp³-hybridized carbons (Fsp3) is 0.538. The molecule has 4 nitrogen and oxygen atoms in total. The lowest BCUT2D eigenvalue weighted by molar-refractivity contribution is 0.603. The zero-order valence-corrected chi connectivity index (χ0v) is 11.8. The van der Waals surface area contributed by atoms with Crippen molar-refractivity contribution in [2.24, 2.45) is 0 Å². The zero-order chi connectivity index (χ0) is 12.8. The first kappa shape index (κ1) is 13.2. The summed E-state index contributed by atoms with van der Waals surface area (Å²) in [5, 5.41) is 6.71. The highest BCUT2D eigenvalue weighted by molar-refractivity contribution is 7.09. The first-order valence-corrected chi connectivity index (χ1v) is 7.28. The summed E-state index contributed by atoms with van der Waals surface area (Å²) >= 11 is 1.74. The highest BCUT2D eigenvalue weighted by atomic mass is 32.1. The first-order chi connectivity index (χ1) is 8.79. The number of rotatable bonds is 7. The van der Waals surface area contributed by atoms with Crippen LogP contribution < -0.4 is 5.32 Å². The molecular formula is C13H20N4S. The normalized spacial score (nSPS) is 11.0. The Morgan fingerprint density at radius 1 is 1.44 bits per heavy atom. The first-order valence-electron chi connectivity index (χ1n) is 6.40. The molecule has 2 rings (SSSR count). The molecule has 5 heteroatoms. The van der Waals surface area contributed by atoms with Crippen LogP contribution in [0.1, 0.15) is 29.7 Å². The molecule has 0 aliphatic rings. The number of hydrogen-bond acceptors (Lipinski definition) is 4. The minimum Gasteiger partial charge on any atom is -0.333 e. The van der Waals surface area contributed by atoms with Crippen LogP contribution in [-0.2, 0) is 19.5 Å². The quantitative estimate of drug-likeness (QED) is 0.781. The minimum atomic E-state index is 0.894. The molecule has 0 aliphatic heterocycles. The Morgan fingerprint density at radius 2 is 2.33 bits per heavy atom. The molecule has 2 aromatic heterocycles. The van der Waals surface area contributed by atoms with Crippen molar-refractivity contribution in [2.45, 2.75) is 39.8 Å². The summed E-state index contributed by atoms with van der Waals surface area (Å²) in [4.78, 5) is 8.71. The Bertz CT molecular complexity index is 475. The number of aryl methyl sites for hydroxylation is 3. The molecule has 2 heterocycles. The van der Waals surface area contributed by atoms with Crippen molar-refractivity contribution >= 4 is 11.3 Å². The van der Waals surface area contributed by atoms with Gasteiger partial charge in [-0.2, -0.15) is 0 Å². The Hall–Kier alpha value is -1.20. The molecule has 0 saturated heterocycles. The standard InChI is InChI=1S/C13H20N4S/c1-3-5-14-7-12-8-15-10-17(12)6-4-13-16-11(2)9-18-13/h8-10,14H,3-7H2,1-2H3. The van der Waals surface area contributed by atoms with Crippen molar-refractivity contribution in [3.8, 4) is 0 Å². The van der Waals surface area contributed by atoms with E-state index < -0.39 is 0 Å². The highest BCUT2D eigenvalue weighted by Gasteiger charge is 2.03. The van der Waals surface area contributed by atoms with Crippen LogP contribution in [0.2, 0.25) is 0 Å². The van der Waals surface area contributed by atoms with E-state index in [0.717, 1.165) is 38.2 Å². The van der Waals surface area contributed by atoms with Gasteiger partial charge < -0.3 is 9.88 Å². The number of nitrogens with zero attached hydrogens (tertiary/aromatic N) is 3. The van der Waals surface area contributed by atoms with Crippen LogP contribution >= 0.6 is 11.3 Å². The van der Waals surface area contributed by atoms with E-state index in [1.165, 1.54) is 10.7 Å². The minimum absolute atomic E-state index is 0.894. The van der Waals surface area contributed by atoms with Gasteiger partial charge in [0.1, 0.15) is 0 Å². The summed E-state index contributed by atoms with van der Waals surface area (Å²) in [6.45, 7) is 7.12. The number of thiazole rings is 1. The zero-order valence-electron chi connectivity index (χ0n) is 11.0. The van der Waals surface area contributed by atoms with Crippen molar-refractivity contribution in [1.29, 1.82) is 0 Å². The van der Waals surface area contributed by atoms with Gasteiger partial charge >= 0.3 is 0 Å². The molecule has 0 unspecified atom stereocenters. The van der Waals surface area contributed by atoms with Crippen LogP contribution in [0.15, 0.2) is 17.9 Å². The topological polar surface area (TPSA) is 42.7 Å². The van der Waals surface area contributed by atoms with E-state index in [2.05, 4.69) is 32.2 Å². The largest absolute Gasteiger partial charge is 0.333 e. The second-order valence-electron chi connectivity index (χ2n) is 4.39. The third kappa shape index (κ3) is 3.65. The fourth-order valence-corrected chi connectivity index (χ4v) is 2.59. The van der Waals surface area contributed by atoms with Crippen LogP contribution in [0.3, 0.4) is 0 Å². The summed E-state index contributed by atoms with van der Waals surface area (Å²) in [6.07, 6.45) is 5.99. The molecular weight excluding hydrogens is 244 g/mol. The molecule has 0 aliphatic carbocycles. The van der Waals surface area contributed by atoms with Crippen molar-refractivity contribution < 1.29 is 0 Å². The third-order valence-corrected chi connectivity index (χ3v) is 3.79. The van der Waals surface area contributed by atoms with Gasteiger partial charge in [0.05, 0.1) is 17.0 Å². The van der Waals surface area contributed by atoms with E-state index in [1.807, 2.05) is 19.4 Å². The van der Waals surface area contributed by atoms with Crippen molar-refractivity contribution in [1.82, 2.24) is 19.9 Å². The van der Waals surface area contributed by atoms with Crippen LogP contribution in [0.25, 0.3) is 0 Å². The molecule has 0 radical (unpaired) electrons. The predicted octanol–water partition coefficient (Wildman–Crippen LogP) is 2.39. The lowest BCUT2D eigenvalue weighted by atomic mass is 10.4. The van der Waals surface area contributed by atoms with Gasteiger partial charge in [0.25, 0.3) is 0 Å². The summed E-state index contributed by atoms with van der Waals surface area (Å²) in [5.74, 6) is 0. The number of aromatic nitrogens is 3. The van der Waals surface area contributed by atoms with Gasteiger partial charge in [-0.1, -0.05) is 6.92 Å². The predicted molar refractivity (Wildman–Crippen MR) is 74.8 cm³/mol. The van der Waals surface area contributed by atoms with E-state index in [-0.39, 0.29) is 0 Å². The van der Waals surface area contributed by atoms with E-state index in [4.69, 9.17) is 0 Å². The van der Waals surface area contributed by atoms with E-state index in [1.54, 1.807) is 11.3 Å². The maximum atomic E-state index is 4.48. The smallest absolute Gasteiger partial charge is 0.0948 e. The van der Waals surface area contributed by atoms with Crippen LogP contribution in [-0.4, -0.2) is 21.1 Å². The Kier molecular flexibility index (Phi) is 4.90. The van der Waals surface area contributed by atoms with Gasteiger partial charge in [0.2, 0.25) is 0 Å². The Labute approximate surface area is 112 Å². The van der Waals surface area contributed by atoms with Crippen LogP contribution in [0.4, 0.5) is 0 Å². The van der Waals surface area contributed by atoms with Crippen molar-refractivity contribution in [2.75, 3.05) is 6.54 Å². The summed E-state index contributed by atoms with van der Waals surface area (Å²) in [6, 6.07) is 0. The van der Waals surface area contributed by atoms with Gasteiger partial charge in [-0.05, 0) is 19.9 Å². The maximum absolute atomic E-state index is 4.48. The molecule has 0 amide bonds. The van der Waals surface area contributed by atoms with E-state index >= 15 is 0 Å². The van der Waals surface area contributed by atoms with Gasteiger partial charge in [-0.3, -0.25) is 0 Å². The van der Waals surface area contributed by atoms with Crippen molar-refractivity contribution in [3.63, 3.8) is 0 Å². The van der Waals surface area contributed by atoms with Crippen LogP contribution in [0, 0.1) is 6.92 Å². The van der Waals surface area contributed by atoms with Gasteiger partial charge in [0.15, 0.2) is 0 Å². The SMILES string of the molecule is CCCNCc1cncn1CCc1nc(C)cs1. The molecule has 0 saturated carbocycles. The lowest BCUT2D eigenvalue weighted by Crippen LogP contribution is -2.17. The molecule has 0 aromatic carbocycles. The molecule has 98 valence electrons. The average molecular weight is 264 g/mol. The summed E-state index contributed by atoms with van der Waals surface area (Å²) < 4.78 is 2.21. The Morgan fingerprint density at radius 3 is 3.06 bits per heavy atom. The van der Waals surface area contributed by atoms with Crippen molar-refractivity contribution in [3.05, 3.63) is 34.3 Å². The third-order valence-electron chi connectivity index (χ3n) is 2.76. The van der Waals surface area contributed by atoms with Gasteiger partial charge in [0, 0.05) is 36.8 Å². The number of nitrogens with one attached hydrogen (secondary N) is 1. The molecule has 2 aromatic rings. The summed E-state index contributed by atoms with van der Waals surface area (Å²) in [5.41, 5.74) is 2.36. The number of hydrogen-bond donors (Lipinski definition) is 1. The fourth-order valence-electron chi connectivity index (χ4n) is 1.82. The molecule has 1 N–H and O–H groups in total. The molecule has 0 spiro atoms. The average Bonchev–Trinajstić information content (AvgIpc) is 2.96. The van der Waals surface area contributed by atoms with E-state index in [0.29, 0.717) is 0 Å². The summed E-state index contributed by atoms with van der Waals surface area (Å²) in [7, 11) is 0. The van der Waals surface area contributed by atoms with E-state index in [9.17, 15) is 0 Å². The van der Waals surface area contributed by atoms with Gasteiger partial charge in [-0.15, -0.1) is 11.3 Å². The number of imidazole rings is 1. The monoisotopic (exact) mass is 264 g/mol. The molecule has 0 bridgehead atoms. The molecule has 0 fully saturated rings. The molecule has 18 heavy (non-hydrogen) atoms. The highest BCUT2D eigenvalue weighted by Crippen LogP contribution is 2.11. The molecule has 0 atom stereocenters. The lowest BCUT2D eigenvalue weighted by Gasteiger charge is -2.07. The second kappa shape index (κ2) is 6.66. The second-order valence-corrected chi connectivity index (χ2v) is 5.33.